The third kappa shape index (κ3) is 9.49. The number of ether oxygens (including phenoxy) is 1. The van der Waals surface area contributed by atoms with Crippen LogP contribution in [0.3, 0.4) is 0 Å². The van der Waals surface area contributed by atoms with Gasteiger partial charge in [0.1, 0.15) is 5.75 Å². The normalized spacial score (nSPS) is 13.9. The monoisotopic (exact) mass is 407 g/mol. The topological polar surface area (TPSA) is 102 Å². The van der Waals surface area contributed by atoms with E-state index in [1.54, 1.807) is 6.92 Å². The van der Waals surface area contributed by atoms with Crippen molar-refractivity contribution in [3.63, 3.8) is 0 Å². The lowest BCUT2D eigenvalue weighted by Gasteiger charge is -2.24. The Hall–Kier alpha value is -1.69. The summed E-state index contributed by atoms with van der Waals surface area (Å²) in [5.74, 6) is 0.837. The van der Waals surface area contributed by atoms with Crippen LogP contribution in [0, 0.1) is 0 Å². The van der Waals surface area contributed by atoms with Gasteiger partial charge in [-0.2, -0.15) is 0 Å². The molecule has 0 saturated carbocycles. The first kappa shape index (κ1) is 22.6. The molecule has 0 amide bonds. The van der Waals surface area contributed by atoms with E-state index in [0.717, 1.165) is 30.6 Å². The number of phosphoric ester groups is 1. The van der Waals surface area contributed by atoms with Crippen LogP contribution >= 0.6 is 7.82 Å². The fraction of sp³-hybridized carbons (Fsp3) is 0.429. The van der Waals surface area contributed by atoms with Gasteiger partial charge in [0.15, 0.2) is 0 Å². The number of hydrogen-bond acceptors (Lipinski definition) is 4. The fourth-order valence-electron chi connectivity index (χ4n) is 2.75. The molecule has 0 radical (unpaired) electrons. The molecule has 2 aromatic carbocycles. The summed E-state index contributed by atoms with van der Waals surface area (Å²) in [7, 11) is -4.49. The highest BCUT2D eigenvalue weighted by molar-refractivity contribution is 7.46. The summed E-state index contributed by atoms with van der Waals surface area (Å²) in [5.41, 5.74) is 7.67. The molecule has 0 spiro atoms. The summed E-state index contributed by atoms with van der Waals surface area (Å²) >= 11 is 0. The van der Waals surface area contributed by atoms with Gasteiger partial charge in [0.25, 0.3) is 0 Å². The highest BCUT2D eigenvalue weighted by Crippen LogP contribution is 2.36. The Balaban J connectivity index is 1.66. The van der Waals surface area contributed by atoms with Crippen LogP contribution in [0.15, 0.2) is 54.6 Å². The summed E-state index contributed by atoms with van der Waals surface area (Å²) in [4.78, 5) is 17.6. The fourth-order valence-corrected chi connectivity index (χ4v) is 3.21. The van der Waals surface area contributed by atoms with Gasteiger partial charge in [-0.1, -0.05) is 42.5 Å². The van der Waals surface area contributed by atoms with E-state index in [2.05, 4.69) is 28.8 Å². The maximum absolute atomic E-state index is 10.8. The van der Waals surface area contributed by atoms with Crippen molar-refractivity contribution in [2.45, 2.75) is 44.6 Å². The first-order valence-corrected chi connectivity index (χ1v) is 11.0. The predicted molar refractivity (Wildman–Crippen MR) is 110 cm³/mol. The van der Waals surface area contributed by atoms with E-state index in [1.807, 2.05) is 30.3 Å². The van der Waals surface area contributed by atoms with Gasteiger partial charge >= 0.3 is 7.82 Å². The van der Waals surface area contributed by atoms with Crippen molar-refractivity contribution in [3.8, 4) is 5.75 Å². The lowest BCUT2D eigenvalue weighted by Crippen LogP contribution is -2.41. The second kappa shape index (κ2) is 10.7. The maximum atomic E-state index is 10.8. The molecule has 0 aliphatic heterocycles. The minimum atomic E-state index is -4.49. The summed E-state index contributed by atoms with van der Waals surface area (Å²) in [6.07, 6.45) is 4.39. The van der Waals surface area contributed by atoms with Crippen molar-refractivity contribution in [3.05, 3.63) is 65.7 Å². The van der Waals surface area contributed by atoms with Crippen LogP contribution in [0.5, 0.6) is 5.75 Å². The number of phosphoric acid groups is 1. The van der Waals surface area contributed by atoms with Gasteiger partial charge in [-0.3, -0.25) is 4.52 Å². The molecule has 28 heavy (non-hydrogen) atoms. The Bertz CT molecular complexity index is 743. The number of aryl methyl sites for hydroxylation is 2. The number of rotatable bonds is 12. The molecule has 0 unspecified atom stereocenters. The van der Waals surface area contributed by atoms with Crippen molar-refractivity contribution >= 4 is 7.82 Å². The maximum Gasteiger partial charge on any atom is 0.469 e. The molecule has 7 heteroatoms. The molecule has 0 bridgehead atoms. The second-order valence-electron chi connectivity index (χ2n) is 7.35. The zero-order valence-electron chi connectivity index (χ0n) is 16.3. The Morgan fingerprint density at radius 2 is 1.61 bits per heavy atom. The van der Waals surface area contributed by atoms with E-state index in [4.69, 9.17) is 20.3 Å². The molecule has 0 aliphatic carbocycles. The van der Waals surface area contributed by atoms with E-state index in [-0.39, 0.29) is 6.61 Å². The number of hydrogen-bond donors (Lipinski definition) is 3. The molecule has 2 rings (SSSR count). The van der Waals surface area contributed by atoms with Crippen molar-refractivity contribution in [1.29, 1.82) is 0 Å². The van der Waals surface area contributed by atoms with Gasteiger partial charge in [-0.05, 0) is 62.3 Å². The zero-order chi connectivity index (χ0) is 20.5. The minimum absolute atomic E-state index is 0.193. The molecule has 6 nitrogen and oxygen atoms in total. The van der Waals surface area contributed by atoms with Gasteiger partial charge in [-0.15, -0.1) is 0 Å². The first-order chi connectivity index (χ1) is 13.2. The van der Waals surface area contributed by atoms with Crippen LogP contribution in [0.1, 0.15) is 37.3 Å². The summed E-state index contributed by atoms with van der Waals surface area (Å²) in [5, 5.41) is 0. The molecule has 0 heterocycles. The molecule has 0 fully saturated rings. The zero-order valence-corrected chi connectivity index (χ0v) is 17.2. The molecule has 154 valence electrons. The van der Waals surface area contributed by atoms with E-state index in [0.29, 0.717) is 19.4 Å². The average Bonchev–Trinajstić information content (AvgIpc) is 2.66. The van der Waals surface area contributed by atoms with Crippen molar-refractivity contribution in [1.82, 2.24) is 0 Å². The molecule has 0 aliphatic rings. The van der Waals surface area contributed by atoms with E-state index >= 15 is 0 Å². The molecule has 1 atom stereocenters. The number of benzene rings is 2. The third-order valence-corrected chi connectivity index (χ3v) is 4.91. The number of nitrogens with two attached hydrogens (primary N) is 1. The molecule has 4 N–H and O–H groups in total. The van der Waals surface area contributed by atoms with Crippen LogP contribution in [0.2, 0.25) is 0 Å². The molecule has 2 aromatic rings. The average molecular weight is 407 g/mol. The molecular weight excluding hydrogens is 377 g/mol. The third-order valence-electron chi connectivity index (χ3n) is 4.44. The predicted octanol–water partition coefficient (Wildman–Crippen LogP) is 3.85. The summed E-state index contributed by atoms with van der Waals surface area (Å²) in [6, 6.07) is 18.3. The Labute approximate surface area is 166 Å². The Kier molecular flexibility index (Phi) is 8.67. The van der Waals surface area contributed by atoms with E-state index < -0.39 is 13.4 Å². The largest absolute Gasteiger partial charge is 0.494 e. The van der Waals surface area contributed by atoms with Crippen molar-refractivity contribution in [2.75, 3.05) is 13.2 Å². The highest BCUT2D eigenvalue weighted by Gasteiger charge is 2.24. The lowest BCUT2D eigenvalue weighted by atomic mass is 9.95. The lowest BCUT2D eigenvalue weighted by molar-refractivity contribution is 0.154. The van der Waals surface area contributed by atoms with Gasteiger partial charge in [0.2, 0.25) is 0 Å². The Morgan fingerprint density at radius 1 is 0.964 bits per heavy atom. The van der Waals surface area contributed by atoms with Crippen LogP contribution in [0.25, 0.3) is 0 Å². The van der Waals surface area contributed by atoms with Crippen molar-refractivity contribution in [2.24, 2.45) is 5.73 Å². The first-order valence-electron chi connectivity index (χ1n) is 9.48. The van der Waals surface area contributed by atoms with E-state index in [9.17, 15) is 4.57 Å². The van der Waals surface area contributed by atoms with Gasteiger partial charge in [0, 0.05) is 5.54 Å². The van der Waals surface area contributed by atoms with Crippen LogP contribution in [-0.2, 0) is 21.9 Å². The minimum Gasteiger partial charge on any atom is -0.494 e. The van der Waals surface area contributed by atoms with Crippen LogP contribution in [0.4, 0.5) is 0 Å². The van der Waals surface area contributed by atoms with Gasteiger partial charge in [0.05, 0.1) is 13.2 Å². The highest BCUT2D eigenvalue weighted by atomic mass is 31.2. The SMILES string of the molecule is C[C@@](N)(CCc1ccc(OCCCCc2ccccc2)cc1)COP(=O)(O)O. The second-order valence-corrected chi connectivity index (χ2v) is 8.59. The Morgan fingerprint density at radius 3 is 2.25 bits per heavy atom. The number of unbranched alkanes of at least 4 members (excludes halogenated alkanes) is 1. The molecule has 0 aromatic heterocycles. The quantitative estimate of drug-likeness (QED) is 0.365. The summed E-state index contributed by atoms with van der Waals surface area (Å²) < 4.78 is 21.1. The standard InChI is InChI=1S/C21H30NO5P/c1-21(22,17-27-28(23,24)25)15-14-19-10-12-20(13-11-19)26-16-6-5-9-18-7-3-2-4-8-18/h2-4,7-8,10-13H,5-6,9,14-17,22H2,1H3,(H2,23,24,25)/t21-/m1/s1. The van der Waals surface area contributed by atoms with Gasteiger partial charge < -0.3 is 20.3 Å². The molecule has 0 saturated heterocycles. The van der Waals surface area contributed by atoms with Crippen LogP contribution in [-0.4, -0.2) is 28.5 Å². The van der Waals surface area contributed by atoms with E-state index in [1.165, 1.54) is 5.56 Å². The van der Waals surface area contributed by atoms with Gasteiger partial charge in [-0.25, -0.2) is 4.57 Å². The smallest absolute Gasteiger partial charge is 0.469 e. The molecular formula is C21H30NO5P. The van der Waals surface area contributed by atoms with Crippen molar-refractivity contribution < 1.29 is 23.6 Å². The van der Waals surface area contributed by atoms with Crippen LogP contribution < -0.4 is 10.5 Å². The summed E-state index contributed by atoms with van der Waals surface area (Å²) in [6.45, 7) is 2.21.